The zero-order valence-corrected chi connectivity index (χ0v) is 11.2. The second kappa shape index (κ2) is 5.27. The SMILES string of the molecule is Cc1ccc(C(C)C(=O)NCC2CC(F)(F)C2)cc1. The number of benzene rings is 1. The van der Waals surface area contributed by atoms with E-state index >= 15 is 0 Å². The Hall–Kier alpha value is -1.45. The number of halogens is 2. The van der Waals surface area contributed by atoms with E-state index in [9.17, 15) is 13.6 Å². The van der Waals surface area contributed by atoms with E-state index in [2.05, 4.69) is 5.32 Å². The van der Waals surface area contributed by atoms with Gasteiger partial charge in [-0.3, -0.25) is 4.79 Å². The standard InChI is InChI=1S/C15H19F2NO/c1-10-3-5-13(6-4-10)11(2)14(19)18-9-12-7-15(16,17)8-12/h3-6,11-12H,7-9H2,1-2H3,(H,18,19). The number of amides is 1. The Kier molecular flexibility index (Phi) is 3.88. The Balaban J connectivity index is 1.81. The van der Waals surface area contributed by atoms with Crippen LogP contribution in [0.25, 0.3) is 0 Å². The maximum atomic E-state index is 12.7. The minimum Gasteiger partial charge on any atom is -0.355 e. The van der Waals surface area contributed by atoms with Crippen molar-refractivity contribution in [2.24, 2.45) is 5.92 Å². The van der Waals surface area contributed by atoms with Gasteiger partial charge in [0.2, 0.25) is 11.8 Å². The molecule has 1 aliphatic rings. The van der Waals surface area contributed by atoms with Crippen LogP contribution in [0.15, 0.2) is 24.3 Å². The highest BCUT2D eigenvalue weighted by molar-refractivity contribution is 5.83. The molecule has 1 atom stereocenters. The maximum absolute atomic E-state index is 12.7. The summed E-state index contributed by atoms with van der Waals surface area (Å²) in [4.78, 5) is 11.9. The van der Waals surface area contributed by atoms with E-state index in [0.717, 1.165) is 11.1 Å². The van der Waals surface area contributed by atoms with Crippen LogP contribution in [0, 0.1) is 12.8 Å². The largest absolute Gasteiger partial charge is 0.355 e. The van der Waals surface area contributed by atoms with Crippen LogP contribution in [0.4, 0.5) is 8.78 Å². The Morgan fingerprint density at radius 2 is 1.95 bits per heavy atom. The third-order valence-corrected chi connectivity index (χ3v) is 3.71. The first-order valence-corrected chi connectivity index (χ1v) is 6.59. The van der Waals surface area contributed by atoms with Gasteiger partial charge >= 0.3 is 0 Å². The summed E-state index contributed by atoms with van der Waals surface area (Å²) in [6.07, 6.45) is -0.210. The molecule has 0 aliphatic heterocycles. The molecule has 1 aromatic carbocycles. The van der Waals surface area contributed by atoms with Crippen molar-refractivity contribution >= 4 is 5.91 Å². The molecule has 0 bridgehead atoms. The van der Waals surface area contributed by atoms with Crippen LogP contribution >= 0.6 is 0 Å². The highest BCUT2D eigenvalue weighted by atomic mass is 19.3. The number of nitrogens with one attached hydrogen (secondary N) is 1. The third-order valence-electron chi connectivity index (χ3n) is 3.71. The van der Waals surface area contributed by atoms with Crippen molar-refractivity contribution in [1.29, 1.82) is 0 Å². The van der Waals surface area contributed by atoms with Crippen molar-refractivity contribution in [3.63, 3.8) is 0 Å². The Morgan fingerprint density at radius 3 is 2.47 bits per heavy atom. The lowest BCUT2D eigenvalue weighted by Crippen LogP contribution is -2.43. The lowest BCUT2D eigenvalue weighted by atomic mass is 9.81. The van der Waals surface area contributed by atoms with Gasteiger partial charge in [-0.25, -0.2) is 8.78 Å². The van der Waals surface area contributed by atoms with Gasteiger partial charge in [0.15, 0.2) is 0 Å². The number of alkyl halides is 2. The van der Waals surface area contributed by atoms with Crippen molar-refractivity contribution in [3.05, 3.63) is 35.4 Å². The highest BCUT2D eigenvalue weighted by Gasteiger charge is 2.45. The summed E-state index contributed by atoms with van der Waals surface area (Å²) in [5.74, 6) is -2.94. The molecule has 1 aromatic rings. The molecule has 0 spiro atoms. The number of rotatable bonds is 4. The molecule has 1 fully saturated rings. The minimum absolute atomic E-state index is 0.0795. The van der Waals surface area contributed by atoms with Gasteiger partial charge in [0, 0.05) is 19.4 Å². The molecule has 0 radical (unpaired) electrons. The van der Waals surface area contributed by atoms with E-state index in [-0.39, 0.29) is 30.6 Å². The number of aryl methyl sites for hydroxylation is 1. The molecule has 2 rings (SSSR count). The monoisotopic (exact) mass is 267 g/mol. The fraction of sp³-hybridized carbons (Fsp3) is 0.533. The predicted molar refractivity (Wildman–Crippen MR) is 70.3 cm³/mol. The quantitative estimate of drug-likeness (QED) is 0.891. The zero-order valence-electron chi connectivity index (χ0n) is 11.2. The van der Waals surface area contributed by atoms with Gasteiger partial charge in [-0.2, -0.15) is 0 Å². The summed E-state index contributed by atoms with van der Waals surface area (Å²) in [6.45, 7) is 4.17. The van der Waals surface area contributed by atoms with E-state index in [1.165, 1.54) is 0 Å². The molecule has 4 heteroatoms. The number of carbonyl (C=O) groups is 1. The first kappa shape index (κ1) is 14.0. The molecule has 1 N–H and O–H groups in total. The topological polar surface area (TPSA) is 29.1 Å². The van der Waals surface area contributed by atoms with Crippen LogP contribution in [-0.4, -0.2) is 18.4 Å². The molecule has 104 valence electrons. The van der Waals surface area contributed by atoms with Crippen molar-refractivity contribution in [1.82, 2.24) is 5.32 Å². The number of hydrogen-bond donors (Lipinski definition) is 1. The van der Waals surface area contributed by atoms with Crippen LogP contribution < -0.4 is 5.32 Å². The zero-order chi connectivity index (χ0) is 14.0. The van der Waals surface area contributed by atoms with Gasteiger partial charge in [-0.1, -0.05) is 29.8 Å². The van der Waals surface area contributed by atoms with E-state index in [0.29, 0.717) is 6.54 Å². The third kappa shape index (κ3) is 3.52. The van der Waals surface area contributed by atoms with Gasteiger partial charge in [0.1, 0.15) is 0 Å². The Morgan fingerprint density at radius 1 is 1.37 bits per heavy atom. The van der Waals surface area contributed by atoms with Crippen LogP contribution in [0.2, 0.25) is 0 Å². The highest BCUT2D eigenvalue weighted by Crippen LogP contribution is 2.41. The molecule has 2 nitrogen and oxygen atoms in total. The summed E-state index contributed by atoms with van der Waals surface area (Å²) in [7, 11) is 0. The van der Waals surface area contributed by atoms with E-state index < -0.39 is 5.92 Å². The van der Waals surface area contributed by atoms with E-state index in [1.54, 1.807) is 0 Å². The smallest absolute Gasteiger partial charge is 0.248 e. The fourth-order valence-corrected chi connectivity index (χ4v) is 2.33. The lowest BCUT2D eigenvalue weighted by molar-refractivity contribution is -0.127. The molecule has 0 aromatic heterocycles. The second-order valence-electron chi connectivity index (χ2n) is 5.51. The summed E-state index contributed by atoms with van der Waals surface area (Å²) in [5.41, 5.74) is 2.09. The summed E-state index contributed by atoms with van der Waals surface area (Å²) >= 11 is 0. The van der Waals surface area contributed by atoms with Gasteiger partial charge in [0.25, 0.3) is 0 Å². The van der Waals surface area contributed by atoms with Crippen LogP contribution in [-0.2, 0) is 4.79 Å². The van der Waals surface area contributed by atoms with Crippen molar-refractivity contribution in [3.8, 4) is 0 Å². The molecule has 19 heavy (non-hydrogen) atoms. The average molecular weight is 267 g/mol. The first-order chi connectivity index (χ1) is 8.87. The van der Waals surface area contributed by atoms with Crippen molar-refractivity contribution in [2.75, 3.05) is 6.54 Å². The van der Waals surface area contributed by atoms with Crippen LogP contribution in [0.1, 0.15) is 36.8 Å². The van der Waals surface area contributed by atoms with E-state index in [4.69, 9.17) is 0 Å². The molecular formula is C15H19F2NO. The molecular weight excluding hydrogens is 248 g/mol. The molecule has 1 amide bonds. The van der Waals surface area contributed by atoms with E-state index in [1.807, 2.05) is 38.1 Å². The van der Waals surface area contributed by atoms with Gasteiger partial charge in [0.05, 0.1) is 5.92 Å². The average Bonchev–Trinajstić information content (AvgIpc) is 2.33. The normalized spacial score (nSPS) is 19.6. The summed E-state index contributed by atoms with van der Waals surface area (Å²) in [6, 6.07) is 7.78. The molecule has 1 saturated carbocycles. The molecule has 0 saturated heterocycles. The Bertz CT molecular complexity index is 448. The molecule has 1 unspecified atom stereocenters. The second-order valence-corrected chi connectivity index (χ2v) is 5.51. The Labute approximate surface area is 112 Å². The predicted octanol–water partition coefficient (Wildman–Crippen LogP) is 3.26. The van der Waals surface area contributed by atoms with Gasteiger partial charge in [-0.15, -0.1) is 0 Å². The van der Waals surface area contributed by atoms with Crippen molar-refractivity contribution in [2.45, 2.75) is 38.5 Å². The van der Waals surface area contributed by atoms with Gasteiger partial charge < -0.3 is 5.32 Å². The lowest BCUT2D eigenvalue weighted by Gasteiger charge is -2.35. The van der Waals surface area contributed by atoms with Crippen molar-refractivity contribution < 1.29 is 13.6 Å². The van der Waals surface area contributed by atoms with Crippen LogP contribution in [0.3, 0.4) is 0 Å². The fourth-order valence-electron chi connectivity index (χ4n) is 2.33. The van der Waals surface area contributed by atoms with Gasteiger partial charge in [-0.05, 0) is 25.3 Å². The minimum atomic E-state index is -2.52. The maximum Gasteiger partial charge on any atom is 0.248 e. The number of carbonyl (C=O) groups excluding carboxylic acids is 1. The number of hydrogen-bond acceptors (Lipinski definition) is 1. The first-order valence-electron chi connectivity index (χ1n) is 6.59. The molecule has 0 heterocycles. The summed E-state index contributed by atoms with van der Waals surface area (Å²) in [5, 5.41) is 2.76. The summed E-state index contributed by atoms with van der Waals surface area (Å²) < 4.78 is 25.3. The van der Waals surface area contributed by atoms with Crippen LogP contribution in [0.5, 0.6) is 0 Å². The molecule has 1 aliphatic carbocycles.